The number of hydrazine groups is 1. The Labute approximate surface area is 130 Å². The van der Waals surface area contributed by atoms with Crippen LogP contribution in [0, 0.1) is 5.41 Å². The van der Waals surface area contributed by atoms with Crippen LogP contribution in [0.4, 0.5) is 5.82 Å². The maximum atomic E-state index is 12.3. The second-order valence-electron chi connectivity index (χ2n) is 5.53. The monoisotopic (exact) mass is 332 g/mol. The molecule has 0 saturated heterocycles. The van der Waals surface area contributed by atoms with E-state index < -0.39 is 10.0 Å². The lowest BCUT2D eigenvalue weighted by atomic mass is 9.84. The molecular weight excluding hydrogens is 312 g/mol. The number of nitrogens with two attached hydrogens (primary N) is 1. The summed E-state index contributed by atoms with van der Waals surface area (Å²) < 4.78 is 27.4. The minimum absolute atomic E-state index is 0.0516. The zero-order valence-corrected chi connectivity index (χ0v) is 13.6. The molecule has 1 aromatic rings. The van der Waals surface area contributed by atoms with E-state index in [2.05, 4.69) is 22.1 Å². The normalized spacial score (nSPS) is 17.9. The van der Waals surface area contributed by atoms with Crippen molar-refractivity contribution in [2.75, 3.05) is 12.0 Å². The van der Waals surface area contributed by atoms with Crippen molar-refractivity contribution in [1.82, 2.24) is 9.71 Å². The number of nitrogen functional groups attached to an aromatic ring is 1. The molecule has 1 heterocycles. The third kappa shape index (κ3) is 3.66. The summed E-state index contributed by atoms with van der Waals surface area (Å²) in [5.74, 6) is 5.47. The van der Waals surface area contributed by atoms with Gasteiger partial charge in [-0.25, -0.2) is 24.0 Å². The predicted octanol–water partition coefficient (Wildman–Crippen LogP) is 2.27. The number of aromatic nitrogens is 1. The average Bonchev–Trinajstić information content (AvgIpc) is 2.95. The lowest BCUT2D eigenvalue weighted by molar-refractivity contribution is 0.285. The van der Waals surface area contributed by atoms with Gasteiger partial charge in [-0.15, -0.1) is 0 Å². The van der Waals surface area contributed by atoms with Crippen molar-refractivity contribution in [1.29, 1.82) is 0 Å². The molecule has 8 heteroatoms. The van der Waals surface area contributed by atoms with Crippen LogP contribution in [0.25, 0.3) is 0 Å². The second kappa shape index (κ2) is 6.48. The first kappa shape index (κ1) is 16.5. The molecule has 0 aliphatic heterocycles. The number of hydrogen-bond acceptors (Lipinski definition) is 5. The molecule has 0 aromatic carbocycles. The second-order valence-corrected chi connectivity index (χ2v) is 7.71. The van der Waals surface area contributed by atoms with Gasteiger partial charge in [-0.1, -0.05) is 31.4 Å². The van der Waals surface area contributed by atoms with Gasteiger partial charge in [0.1, 0.15) is 4.90 Å². The first-order chi connectivity index (χ1) is 9.92. The van der Waals surface area contributed by atoms with Gasteiger partial charge in [0.15, 0.2) is 5.82 Å². The topological polar surface area (TPSA) is 97.1 Å². The van der Waals surface area contributed by atoms with E-state index in [9.17, 15) is 8.42 Å². The van der Waals surface area contributed by atoms with E-state index in [1.54, 1.807) is 0 Å². The summed E-state index contributed by atoms with van der Waals surface area (Å²) in [6.07, 6.45) is 6.70. The summed E-state index contributed by atoms with van der Waals surface area (Å²) in [5.41, 5.74) is 2.39. The molecule has 0 amide bonds. The van der Waals surface area contributed by atoms with Crippen LogP contribution in [-0.4, -0.2) is 19.9 Å². The van der Waals surface area contributed by atoms with Gasteiger partial charge in [0.2, 0.25) is 10.0 Å². The average molecular weight is 333 g/mol. The molecule has 1 saturated carbocycles. The maximum absolute atomic E-state index is 12.3. The quantitative estimate of drug-likeness (QED) is 0.548. The zero-order valence-electron chi connectivity index (χ0n) is 12.0. The molecular formula is C13H21ClN4O2S. The largest absolute Gasteiger partial charge is 0.307 e. The Kier molecular flexibility index (Phi) is 5.08. The van der Waals surface area contributed by atoms with E-state index in [4.69, 9.17) is 17.4 Å². The Morgan fingerprint density at radius 1 is 1.43 bits per heavy atom. The Balaban J connectivity index is 2.13. The minimum Gasteiger partial charge on any atom is -0.307 e. The number of halogens is 1. The fourth-order valence-corrected chi connectivity index (χ4v) is 4.20. The molecule has 118 valence electrons. The van der Waals surface area contributed by atoms with Gasteiger partial charge in [0.25, 0.3) is 0 Å². The van der Waals surface area contributed by atoms with Gasteiger partial charge in [-0.05, 0) is 30.7 Å². The molecule has 2 rings (SSSR count). The highest BCUT2D eigenvalue weighted by Crippen LogP contribution is 2.40. The van der Waals surface area contributed by atoms with Crippen LogP contribution < -0.4 is 16.0 Å². The van der Waals surface area contributed by atoms with Crippen molar-refractivity contribution >= 4 is 27.4 Å². The highest BCUT2D eigenvalue weighted by molar-refractivity contribution is 7.89. The number of sulfonamides is 1. The van der Waals surface area contributed by atoms with E-state index in [0.717, 1.165) is 19.3 Å². The number of hydrogen-bond donors (Lipinski definition) is 3. The van der Waals surface area contributed by atoms with Crippen molar-refractivity contribution in [3.63, 3.8) is 0 Å². The van der Waals surface area contributed by atoms with Gasteiger partial charge >= 0.3 is 0 Å². The number of nitrogens with one attached hydrogen (secondary N) is 2. The van der Waals surface area contributed by atoms with E-state index >= 15 is 0 Å². The fourth-order valence-electron chi connectivity index (χ4n) is 2.79. The number of rotatable bonds is 6. The van der Waals surface area contributed by atoms with Crippen molar-refractivity contribution in [2.24, 2.45) is 11.3 Å². The highest BCUT2D eigenvalue weighted by atomic mass is 35.5. The molecule has 1 fully saturated rings. The zero-order chi connectivity index (χ0) is 15.5. The molecule has 0 unspecified atom stereocenters. The summed E-state index contributed by atoms with van der Waals surface area (Å²) in [4.78, 5) is 3.94. The van der Waals surface area contributed by atoms with E-state index in [0.29, 0.717) is 6.54 Å². The van der Waals surface area contributed by atoms with Crippen molar-refractivity contribution < 1.29 is 8.42 Å². The van der Waals surface area contributed by atoms with Crippen LogP contribution in [0.5, 0.6) is 0 Å². The molecule has 21 heavy (non-hydrogen) atoms. The van der Waals surface area contributed by atoms with Crippen LogP contribution >= 0.6 is 11.6 Å². The standard InChI is InChI=1S/C13H21ClN4O2S/c1-2-13(5-3-4-6-13)9-17-21(19,20)10-7-11(14)12(18-15)16-8-10/h7-8,17H,2-6,9,15H2,1H3,(H,16,18). The third-order valence-electron chi connectivity index (χ3n) is 4.31. The summed E-state index contributed by atoms with van der Waals surface area (Å²) in [7, 11) is -3.61. The highest BCUT2D eigenvalue weighted by Gasteiger charge is 2.33. The first-order valence-corrected chi connectivity index (χ1v) is 8.90. The molecule has 1 aliphatic rings. The molecule has 0 atom stereocenters. The number of anilines is 1. The van der Waals surface area contributed by atoms with Crippen molar-refractivity contribution in [3.8, 4) is 0 Å². The van der Waals surface area contributed by atoms with Crippen LogP contribution in [0.15, 0.2) is 17.2 Å². The molecule has 0 spiro atoms. The number of pyridine rings is 1. The Bertz CT molecular complexity index is 600. The van der Waals surface area contributed by atoms with E-state index in [1.807, 2.05) is 0 Å². The lowest BCUT2D eigenvalue weighted by Crippen LogP contribution is -2.35. The summed E-state index contributed by atoms with van der Waals surface area (Å²) in [6, 6.07) is 1.35. The lowest BCUT2D eigenvalue weighted by Gasteiger charge is -2.27. The van der Waals surface area contributed by atoms with Crippen molar-refractivity contribution in [2.45, 2.75) is 43.9 Å². The molecule has 6 nitrogen and oxygen atoms in total. The van der Waals surface area contributed by atoms with E-state index in [-0.39, 0.29) is 21.2 Å². The van der Waals surface area contributed by atoms with Gasteiger partial charge in [-0.3, -0.25) is 0 Å². The van der Waals surface area contributed by atoms with Crippen LogP contribution in [0.3, 0.4) is 0 Å². The fraction of sp³-hybridized carbons (Fsp3) is 0.615. The van der Waals surface area contributed by atoms with Gasteiger partial charge in [0.05, 0.1) is 5.02 Å². The number of nitrogens with zero attached hydrogens (tertiary/aromatic N) is 1. The predicted molar refractivity (Wildman–Crippen MR) is 83.4 cm³/mol. The molecule has 0 radical (unpaired) electrons. The third-order valence-corrected chi connectivity index (χ3v) is 5.97. The molecule has 1 aliphatic carbocycles. The van der Waals surface area contributed by atoms with Gasteiger partial charge in [0, 0.05) is 12.7 Å². The molecule has 1 aromatic heterocycles. The summed E-state index contributed by atoms with van der Waals surface area (Å²) in [5, 5.41) is 0.173. The first-order valence-electron chi connectivity index (χ1n) is 7.04. The van der Waals surface area contributed by atoms with Crippen molar-refractivity contribution in [3.05, 3.63) is 17.3 Å². The minimum atomic E-state index is -3.61. The van der Waals surface area contributed by atoms with Crippen LogP contribution in [0.2, 0.25) is 5.02 Å². The maximum Gasteiger partial charge on any atom is 0.242 e. The van der Waals surface area contributed by atoms with Crippen LogP contribution in [0.1, 0.15) is 39.0 Å². The van der Waals surface area contributed by atoms with Gasteiger partial charge in [-0.2, -0.15) is 0 Å². The Morgan fingerprint density at radius 2 is 2.10 bits per heavy atom. The smallest absolute Gasteiger partial charge is 0.242 e. The Hall–Kier alpha value is -0.890. The van der Waals surface area contributed by atoms with Crippen LogP contribution in [-0.2, 0) is 10.0 Å². The van der Waals surface area contributed by atoms with Gasteiger partial charge < -0.3 is 5.43 Å². The Morgan fingerprint density at radius 3 is 2.62 bits per heavy atom. The SMILES string of the molecule is CCC1(CNS(=O)(=O)c2cnc(NN)c(Cl)c2)CCCC1. The molecule has 4 N–H and O–H groups in total. The molecule has 0 bridgehead atoms. The van der Waals surface area contributed by atoms with E-state index in [1.165, 1.54) is 25.1 Å². The summed E-state index contributed by atoms with van der Waals surface area (Å²) >= 11 is 5.92. The summed E-state index contributed by atoms with van der Waals surface area (Å²) in [6.45, 7) is 2.57.